The minimum absolute atomic E-state index is 0.0263. The molecule has 9 heteroatoms. The highest BCUT2D eigenvalue weighted by atomic mass is 35.5. The summed E-state index contributed by atoms with van der Waals surface area (Å²) in [6.07, 6.45) is 0.359. The summed E-state index contributed by atoms with van der Waals surface area (Å²) in [7, 11) is 1.80. The van der Waals surface area contributed by atoms with Crippen LogP contribution in [0.3, 0.4) is 0 Å². The first-order valence-corrected chi connectivity index (χ1v) is 9.79. The highest BCUT2D eigenvalue weighted by Crippen LogP contribution is 2.20. The molecule has 0 saturated heterocycles. The molecule has 0 spiro atoms. The van der Waals surface area contributed by atoms with Gasteiger partial charge in [-0.15, -0.1) is 0 Å². The number of halogens is 3. The second-order valence-electron chi connectivity index (χ2n) is 6.45. The van der Waals surface area contributed by atoms with Crippen molar-refractivity contribution in [2.24, 2.45) is 0 Å². The van der Waals surface area contributed by atoms with E-state index < -0.39 is 11.7 Å². The van der Waals surface area contributed by atoms with Crippen molar-refractivity contribution in [3.8, 4) is 5.75 Å². The summed E-state index contributed by atoms with van der Waals surface area (Å²) in [6.45, 7) is 3.93. The number of nitrogens with one attached hydrogen (secondary N) is 2. The van der Waals surface area contributed by atoms with E-state index in [1.165, 1.54) is 12.1 Å². The van der Waals surface area contributed by atoms with Crippen molar-refractivity contribution in [2.75, 3.05) is 31.6 Å². The number of hydrogen-bond donors (Lipinski definition) is 2. The molecule has 0 atom stereocenters. The van der Waals surface area contributed by atoms with Gasteiger partial charge in [-0.25, -0.2) is 4.39 Å². The molecular weight excluding hydrogens is 432 g/mol. The van der Waals surface area contributed by atoms with Crippen molar-refractivity contribution in [1.82, 2.24) is 10.6 Å². The molecule has 0 aliphatic heterocycles. The highest BCUT2D eigenvalue weighted by Gasteiger charge is 2.09. The van der Waals surface area contributed by atoms with Crippen LogP contribution in [-0.4, -0.2) is 38.6 Å². The summed E-state index contributed by atoms with van der Waals surface area (Å²) in [4.78, 5) is 25.7. The molecule has 0 aromatic heterocycles. The van der Waals surface area contributed by atoms with E-state index in [1.54, 1.807) is 24.1 Å². The molecule has 6 nitrogen and oxygen atoms in total. The fourth-order valence-corrected chi connectivity index (χ4v) is 2.67. The third-order valence-electron chi connectivity index (χ3n) is 3.97. The number of hydrogen-bond acceptors (Lipinski definition) is 4. The number of nitrogens with zero attached hydrogens (tertiary/aromatic N) is 1. The van der Waals surface area contributed by atoms with Gasteiger partial charge in [-0.2, -0.15) is 0 Å². The topological polar surface area (TPSA) is 70.7 Å². The van der Waals surface area contributed by atoms with Crippen LogP contribution in [0.25, 0.3) is 0 Å². The Balaban J connectivity index is 1.64. The first kappa shape index (κ1) is 23.5. The van der Waals surface area contributed by atoms with Gasteiger partial charge in [0.1, 0.15) is 11.6 Å². The van der Waals surface area contributed by atoms with Crippen LogP contribution in [-0.2, 0) is 9.59 Å². The number of benzene rings is 2. The summed E-state index contributed by atoms with van der Waals surface area (Å²) in [5.74, 6) is -1.05. The van der Waals surface area contributed by atoms with E-state index in [1.807, 2.05) is 12.1 Å². The second-order valence-corrected chi connectivity index (χ2v) is 7.29. The predicted molar refractivity (Wildman–Crippen MR) is 117 cm³/mol. The number of anilines is 1. The summed E-state index contributed by atoms with van der Waals surface area (Å²) in [5.41, 5.74) is 1.30. The van der Waals surface area contributed by atoms with Gasteiger partial charge in [0, 0.05) is 42.5 Å². The van der Waals surface area contributed by atoms with Crippen molar-refractivity contribution in [1.29, 1.82) is 0 Å². The van der Waals surface area contributed by atoms with Crippen LogP contribution < -0.4 is 20.3 Å². The second kappa shape index (κ2) is 11.4. The molecule has 0 unspecified atom stereocenters. The molecule has 2 rings (SSSR count). The lowest BCUT2D eigenvalue weighted by molar-refractivity contribution is -0.122. The Morgan fingerprint density at radius 3 is 2.50 bits per heavy atom. The Morgan fingerprint density at radius 1 is 1.13 bits per heavy atom. The van der Waals surface area contributed by atoms with Crippen molar-refractivity contribution in [3.63, 3.8) is 0 Å². The summed E-state index contributed by atoms with van der Waals surface area (Å²) >= 11 is 11.4. The zero-order valence-electron chi connectivity index (χ0n) is 16.4. The molecule has 2 aromatic carbocycles. The van der Waals surface area contributed by atoms with E-state index in [9.17, 15) is 14.0 Å². The lowest BCUT2D eigenvalue weighted by atomic mass is 10.3. The van der Waals surface area contributed by atoms with E-state index in [0.29, 0.717) is 23.7 Å². The number of carbonyl (C=O) groups excluding carboxylic acids is 2. The maximum atomic E-state index is 13.3. The van der Waals surface area contributed by atoms with Gasteiger partial charge >= 0.3 is 0 Å². The third-order valence-corrected chi connectivity index (χ3v) is 4.53. The van der Waals surface area contributed by atoms with E-state index in [2.05, 4.69) is 17.2 Å². The van der Waals surface area contributed by atoms with Gasteiger partial charge in [0.25, 0.3) is 5.91 Å². The number of amides is 2. The molecule has 2 amide bonds. The van der Waals surface area contributed by atoms with Crippen LogP contribution in [0.1, 0.15) is 6.42 Å². The van der Waals surface area contributed by atoms with E-state index in [4.69, 9.17) is 27.9 Å². The molecular formula is C21H22Cl2FN3O3. The Bertz CT molecular complexity index is 907. The summed E-state index contributed by atoms with van der Waals surface area (Å²) in [5, 5.41) is 5.93. The predicted octanol–water partition coefficient (Wildman–Crippen LogP) is 3.78. The molecule has 0 aliphatic rings. The molecule has 30 heavy (non-hydrogen) atoms. The quantitative estimate of drug-likeness (QED) is 0.574. The number of rotatable bonds is 10. The van der Waals surface area contributed by atoms with Gasteiger partial charge in [0.05, 0.1) is 11.6 Å². The van der Waals surface area contributed by atoms with Gasteiger partial charge in [-0.3, -0.25) is 9.59 Å². The summed E-state index contributed by atoms with van der Waals surface area (Å²) in [6, 6.07) is 11.1. The summed E-state index contributed by atoms with van der Waals surface area (Å²) < 4.78 is 18.5. The van der Waals surface area contributed by atoms with Crippen molar-refractivity contribution >= 4 is 40.7 Å². The van der Waals surface area contributed by atoms with E-state index in [0.717, 1.165) is 11.8 Å². The minimum Gasteiger partial charge on any atom is -0.484 e. The molecule has 0 aliphatic carbocycles. The fourth-order valence-electron chi connectivity index (χ4n) is 2.42. The van der Waals surface area contributed by atoms with Crippen molar-refractivity contribution < 1.29 is 18.7 Å². The Hall–Kier alpha value is -2.77. The number of carbonyl (C=O) groups is 2. The van der Waals surface area contributed by atoms with Crippen LogP contribution in [0.15, 0.2) is 54.7 Å². The Kier molecular flexibility index (Phi) is 8.95. The average Bonchev–Trinajstić information content (AvgIpc) is 2.69. The third kappa shape index (κ3) is 7.93. The van der Waals surface area contributed by atoms with Gasteiger partial charge in [0.2, 0.25) is 5.91 Å². The lowest BCUT2D eigenvalue weighted by Gasteiger charge is -2.19. The van der Waals surface area contributed by atoms with E-state index >= 15 is 0 Å². The lowest BCUT2D eigenvalue weighted by Crippen LogP contribution is -2.36. The smallest absolute Gasteiger partial charge is 0.262 e. The van der Waals surface area contributed by atoms with Gasteiger partial charge in [0.15, 0.2) is 6.61 Å². The highest BCUT2D eigenvalue weighted by molar-refractivity contribution is 6.31. The largest absolute Gasteiger partial charge is 0.484 e. The zero-order chi connectivity index (χ0) is 22.1. The molecule has 0 radical (unpaired) electrons. The molecule has 0 fully saturated rings. The number of likely N-dealkylation sites (N-methyl/N-ethyl adjacent to an activating group) is 1. The minimum atomic E-state index is -0.628. The van der Waals surface area contributed by atoms with Crippen LogP contribution >= 0.6 is 23.2 Å². The van der Waals surface area contributed by atoms with Gasteiger partial charge < -0.3 is 20.3 Å². The Morgan fingerprint density at radius 2 is 1.83 bits per heavy atom. The number of ether oxygens (including phenoxy) is 1. The van der Waals surface area contributed by atoms with Crippen LogP contribution in [0.2, 0.25) is 10.0 Å². The molecule has 2 N–H and O–H groups in total. The van der Waals surface area contributed by atoms with Gasteiger partial charge in [-0.1, -0.05) is 29.8 Å². The van der Waals surface area contributed by atoms with E-state index in [-0.39, 0.29) is 29.8 Å². The van der Waals surface area contributed by atoms with Gasteiger partial charge in [-0.05, 0) is 36.4 Å². The molecule has 2 aromatic rings. The first-order chi connectivity index (χ1) is 14.2. The van der Waals surface area contributed by atoms with Crippen molar-refractivity contribution in [3.05, 3.63) is 70.6 Å². The fraction of sp³-hybridized carbons (Fsp3) is 0.238. The Labute approximate surface area is 184 Å². The standard InChI is InChI=1S/C21H22Cl2FN3O3/c1-14(26-21(29)13-30-17-7-8-18(23)19(24)11-17)9-10-25-20(28)12-27(2)16-5-3-15(22)4-6-16/h3-8,11H,1,9-10,12-13H2,2H3,(H,25,28)(H,26,29). The van der Waals surface area contributed by atoms with Crippen LogP contribution in [0, 0.1) is 5.82 Å². The molecule has 0 bridgehead atoms. The monoisotopic (exact) mass is 453 g/mol. The maximum Gasteiger partial charge on any atom is 0.262 e. The molecule has 160 valence electrons. The van der Waals surface area contributed by atoms with Crippen molar-refractivity contribution in [2.45, 2.75) is 6.42 Å². The SMILES string of the molecule is C=C(CCNC(=O)CN(C)c1ccc(Cl)cc1)NC(=O)COc1ccc(Cl)c(F)c1. The maximum absolute atomic E-state index is 13.3. The normalized spacial score (nSPS) is 10.3. The average molecular weight is 454 g/mol. The molecule has 0 saturated carbocycles. The molecule has 0 heterocycles. The first-order valence-electron chi connectivity index (χ1n) is 9.03. The van der Waals surface area contributed by atoms with Crippen LogP contribution in [0.4, 0.5) is 10.1 Å². The van der Waals surface area contributed by atoms with Crippen LogP contribution in [0.5, 0.6) is 5.75 Å². The zero-order valence-corrected chi connectivity index (χ0v) is 17.9.